The number of allylic oxidation sites excluding steroid dienone is 1. The zero-order valence-electron chi connectivity index (χ0n) is 12.0. The molecular weight excluding hydrogens is 238 g/mol. The fraction of sp³-hybridized carbons (Fsp3) is 0.500. The van der Waals surface area contributed by atoms with E-state index in [1.807, 2.05) is 12.1 Å². The molecule has 1 atom stereocenters. The topological polar surface area (TPSA) is 41.5 Å². The van der Waals surface area contributed by atoms with Crippen molar-refractivity contribution in [1.29, 1.82) is 0 Å². The molecule has 0 fully saturated rings. The van der Waals surface area contributed by atoms with Crippen LogP contribution >= 0.6 is 0 Å². The standard InChI is InChI=1S/C16H25NO2/c1-4-6-15-11-13(2)7-8-16(15)19-10-5-9-17-12-14(3)18/h4,7-8,11,14,17-18H,1,5-6,9-10,12H2,2-3H3/t14-/m0/s1. The van der Waals surface area contributed by atoms with Gasteiger partial charge in [0.1, 0.15) is 5.75 Å². The summed E-state index contributed by atoms with van der Waals surface area (Å²) in [5, 5.41) is 12.3. The average molecular weight is 263 g/mol. The van der Waals surface area contributed by atoms with Crippen molar-refractivity contribution >= 4 is 0 Å². The monoisotopic (exact) mass is 263 g/mol. The second kappa shape index (κ2) is 8.73. The third-order valence-electron chi connectivity index (χ3n) is 2.78. The summed E-state index contributed by atoms with van der Waals surface area (Å²) < 4.78 is 5.80. The SMILES string of the molecule is C=CCc1cc(C)ccc1OCCCNC[C@H](C)O. The minimum Gasteiger partial charge on any atom is -0.493 e. The Balaban J connectivity index is 2.34. The molecule has 0 aliphatic heterocycles. The molecular formula is C16H25NO2. The van der Waals surface area contributed by atoms with Crippen LogP contribution in [-0.2, 0) is 6.42 Å². The Labute approximate surface area is 116 Å². The van der Waals surface area contributed by atoms with Crippen molar-refractivity contribution in [3.63, 3.8) is 0 Å². The molecule has 3 nitrogen and oxygen atoms in total. The first-order chi connectivity index (χ1) is 9.13. The number of aryl methyl sites for hydroxylation is 1. The van der Waals surface area contributed by atoms with E-state index >= 15 is 0 Å². The second-order valence-corrected chi connectivity index (χ2v) is 4.86. The van der Waals surface area contributed by atoms with Gasteiger partial charge >= 0.3 is 0 Å². The molecule has 0 aliphatic rings. The Kier molecular flexibility index (Phi) is 7.23. The Morgan fingerprint density at radius 1 is 1.47 bits per heavy atom. The van der Waals surface area contributed by atoms with E-state index in [0.717, 1.165) is 25.1 Å². The molecule has 0 aliphatic carbocycles. The zero-order valence-corrected chi connectivity index (χ0v) is 12.0. The first-order valence-electron chi connectivity index (χ1n) is 6.85. The predicted octanol–water partition coefficient (Wildman–Crippen LogP) is 2.46. The van der Waals surface area contributed by atoms with Gasteiger partial charge in [0.15, 0.2) is 0 Å². The number of benzene rings is 1. The van der Waals surface area contributed by atoms with Crippen LogP contribution in [0.25, 0.3) is 0 Å². The number of ether oxygens (including phenoxy) is 1. The lowest BCUT2D eigenvalue weighted by Crippen LogP contribution is -2.26. The fourth-order valence-corrected chi connectivity index (χ4v) is 1.85. The quantitative estimate of drug-likeness (QED) is 0.531. The Morgan fingerprint density at radius 3 is 2.95 bits per heavy atom. The molecule has 19 heavy (non-hydrogen) atoms. The average Bonchev–Trinajstić information content (AvgIpc) is 2.36. The van der Waals surface area contributed by atoms with Crippen molar-refractivity contribution in [1.82, 2.24) is 5.32 Å². The van der Waals surface area contributed by atoms with Gasteiger partial charge in [-0.25, -0.2) is 0 Å². The van der Waals surface area contributed by atoms with Gasteiger partial charge in [-0.2, -0.15) is 0 Å². The van der Waals surface area contributed by atoms with Crippen LogP contribution in [0.4, 0.5) is 0 Å². The lowest BCUT2D eigenvalue weighted by Gasteiger charge is -2.12. The summed E-state index contributed by atoms with van der Waals surface area (Å²) in [7, 11) is 0. The summed E-state index contributed by atoms with van der Waals surface area (Å²) >= 11 is 0. The van der Waals surface area contributed by atoms with Gasteiger partial charge in [0, 0.05) is 6.54 Å². The predicted molar refractivity (Wildman–Crippen MR) is 79.7 cm³/mol. The molecule has 3 heteroatoms. The van der Waals surface area contributed by atoms with E-state index in [1.165, 1.54) is 11.1 Å². The van der Waals surface area contributed by atoms with Crippen molar-refractivity contribution in [3.8, 4) is 5.75 Å². The van der Waals surface area contributed by atoms with Gasteiger partial charge in [0.05, 0.1) is 12.7 Å². The van der Waals surface area contributed by atoms with Gasteiger partial charge in [0.2, 0.25) is 0 Å². The van der Waals surface area contributed by atoms with Crippen LogP contribution < -0.4 is 10.1 Å². The molecule has 0 heterocycles. The number of hydrogen-bond acceptors (Lipinski definition) is 3. The van der Waals surface area contributed by atoms with E-state index in [0.29, 0.717) is 13.2 Å². The van der Waals surface area contributed by atoms with Crippen molar-refractivity contribution in [2.75, 3.05) is 19.7 Å². The van der Waals surface area contributed by atoms with E-state index in [-0.39, 0.29) is 6.10 Å². The molecule has 106 valence electrons. The van der Waals surface area contributed by atoms with Crippen molar-refractivity contribution < 1.29 is 9.84 Å². The van der Waals surface area contributed by atoms with E-state index in [9.17, 15) is 0 Å². The number of aliphatic hydroxyl groups is 1. The third kappa shape index (κ3) is 6.41. The van der Waals surface area contributed by atoms with Gasteiger partial charge in [-0.3, -0.25) is 0 Å². The molecule has 0 saturated carbocycles. The smallest absolute Gasteiger partial charge is 0.122 e. The Bertz CT molecular complexity index is 388. The highest BCUT2D eigenvalue weighted by atomic mass is 16.5. The third-order valence-corrected chi connectivity index (χ3v) is 2.78. The van der Waals surface area contributed by atoms with Gasteiger partial charge in [-0.05, 0) is 44.9 Å². The van der Waals surface area contributed by atoms with Crippen molar-refractivity contribution in [2.24, 2.45) is 0 Å². The summed E-state index contributed by atoms with van der Waals surface area (Å²) in [5.41, 5.74) is 2.43. The van der Waals surface area contributed by atoms with E-state index in [2.05, 4.69) is 31.0 Å². The first-order valence-corrected chi connectivity index (χ1v) is 6.85. The summed E-state index contributed by atoms with van der Waals surface area (Å²) in [6.45, 7) is 9.80. The molecule has 0 saturated heterocycles. The molecule has 1 aromatic rings. The van der Waals surface area contributed by atoms with Gasteiger partial charge in [0.25, 0.3) is 0 Å². The lowest BCUT2D eigenvalue weighted by molar-refractivity contribution is 0.190. The largest absolute Gasteiger partial charge is 0.493 e. The molecule has 0 amide bonds. The highest BCUT2D eigenvalue weighted by Crippen LogP contribution is 2.21. The molecule has 2 N–H and O–H groups in total. The number of hydrogen-bond donors (Lipinski definition) is 2. The Morgan fingerprint density at radius 2 is 2.26 bits per heavy atom. The van der Waals surface area contributed by atoms with Gasteiger partial charge in [-0.15, -0.1) is 6.58 Å². The number of aliphatic hydroxyl groups excluding tert-OH is 1. The highest BCUT2D eigenvalue weighted by Gasteiger charge is 2.02. The molecule has 1 aromatic carbocycles. The number of nitrogens with one attached hydrogen (secondary N) is 1. The molecule has 0 radical (unpaired) electrons. The minimum absolute atomic E-state index is 0.294. The maximum atomic E-state index is 9.11. The second-order valence-electron chi connectivity index (χ2n) is 4.86. The van der Waals surface area contributed by atoms with E-state index in [1.54, 1.807) is 6.92 Å². The number of rotatable bonds is 9. The minimum atomic E-state index is -0.294. The fourth-order valence-electron chi connectivity index (χ4n) is 1.85. The van der Waals surface area contributed by atoms with Crippen LogP contribution in [0, 0.1) is 6.92 Å². The Hall–Kier alpha value is -1.32. The van der Waals surface area contributed by atoms with Crippen LogP contribution in [0.1, 0.15) is 24.5 Å². The van der Waals surface area contributed by atoms with E-state index < -0.39 is 0 Å². The molecule has 0 bridgehead atoms. The molecule has 0 unspecified atom stereocenters. The zero-order chi connectivity index (χ0) is 14.1. The van der Waals surface area contributed by atoms with Crippen LogP contribution in [0.2, 0.25) is 0 Å². The first kappa shape index (κ1) is 15.7. The maximum Gasteiger partial charge on any atom is 0.122 e. The maximum absolute atomic E-state index is 9.11. The van der Waals surface area contributed by atoms with Gasteiger partial charge < -0.3 is 15.2 Å². The van der Waals surface area contributed by atoms with Crippen LogP contribution in [0.5, 0.6) is 5.75 Å². The lowest BCUT2D eigenvalue weighted by atomic mass is 10.1. The van der Waals surface area contributed by atoms with Crippen LogP contribution in [0.15, 0.2) is 30.9 Å². The molecule has 0 aromatic heterocycles. The van der Waals surface area contributed by atoms with Crippen LogP contribution in [-0.4, -0.2) is 30.9 Å². The summed E-state index contributed by atoms with van der Waals surface area (Å²) in [6, 6.07) is 6.23. The summed E-state index contributed by atoms with van der Waals surface area (Å²) in [4.78, 5) is 0. The van der Waals surface area contributed by atoms with Crippen LogP contribution in [0.3, 0.4) is 0 Å². The summed E-state index contributed by atoms with van der Waals surface area (Å²) in [6.07, 6.45) is 3.36. The van der Waals surface area contributed by atoms with Gasteiger partial charge in [-0.1, -0.05) is 23.8 Å². The van der Waals surface area contributed by atoms with Crippen molar-refractivity contribution in [2.45, 2.75) is 32.8 Å². The van der Waals surface area contributed by atoms with E-state index in [4.69, 9.17) is 9.84 Å². The normalized spacial score (nSPS) is 12.2. The highest BCUT2D eigenvalue weighted by molar-refractivity contribution is 5.38. The molecule has 1 rings (SSSR count). The van der Waals surface area contributed by atoms with Crippen molar-refractivity contribution in [3.05, 3.63) is 42.0 Å². The summed E-state index contributed by atoms with van der Waals surface area (Å²) in [5.74, 6) is 0.945. The molecule has 0 spiro atoms.